The highest BCUT2D eigenvalue weighted by atomic mass is 35.5. The van der Waals surface area contributed by atoms with Gasteiger partial charge in [0.1, 0.15) is 6.33 Å². The standard InChI is InChI=1S/C9H10ClN7O3/c10-1-2-17-9(20)16-4-13-6(7(16)14-15-17)8(19)12-3-5(11)18/h4H,1-3H2,(H2,11,18)(H,12,19). The van der Waals surface area contributed by atoms with E-state index < -0.39 is 17.5 Å². The van der Waals surface area contributed by atoms with Crippen LogP contribution in [0.1, 0.15) is 10.5 Å². The topological polar surface area (TPSA) is 137 Å². The second-order valence-electron chi connectivity index (χ2n) is 3.72. The van der Waals surface area contributed by atoms with E-state index in [1.807, 2.05) is 0 Å². The molecule has 20 heavy (non-hydrogen) atoms. The van der Waals surface area contributed by atoms with Crippen LogP contribution in [-0.4, -0.2) is 48.6 Å². The lowest BCUT2D eigenvalue weighted by Crippen LogP contribution is -2.34. The zero-order valence-electron chi connectivity index (χ0n) is 10.1. The molecule has 0 spiro atoms. The number of hydrogen-bond acceptors (Lipinski definition) is 6. The Balaban J connectivity index is 2.38. The van der Waals surface area contributed by atoms with Crippen LogP contribution in [0, 0.1) is 0 Å². The molecule has 2 aromatic heterocycles. The van der Waals surface area contributed by atoms with Gasteiger partial charge in [-0.25, -0.2) is 14.2 Å². The van der Waals surface area contributed by atoms with Crippen LogP contribution in [0.2, 0.25) is 0 Å². The minimum absolute atomic E-state index is 0.0113. The molecule has 0 saturated heterocycles. The van der Waals surface area contributed by atoms with E-state index in [1.165, 1.54) is 0 Å². The van der Waals surface area contributed by atoms with Gasteiger partial charge in [-0.2, -0.15) is 4.68 Å². The molecular formula is C9H10ClN7O3. The molecule has 0 atom stereocenters. The van der Waals surface area contributed by atoms with Crippen LogP contribution in [0.5, 0.6) is 0 Å². The van der Waals surface area contributed by atoms with Gasteiger partial charge >= 0.3 is 5.69 Å². The molecule has 0 bridgehead atoms. The molecule has 106 valence electrons. The Morgan fingerprint density at radius 3 is 2.85 bits per heavy atom. The Bertz CT molecular complexity index is 722. The second-order valence-corrected chi connectivity index (χ2v) is 4.10. The van der Waals surface area contributed by atoms with Gasteiger partial charge in [0.15, 0.2) is 11.3 Å². The number of nitrogens with one attached hydrogen (secondary N) is 1. The number of aryl methyl sites for hydroxylation is 1. The Morgan fingerprint density at radius 1 is 1.45 bits per heavy atom. The van der Waals surface area contributed by atoms with Crippen LogP contribution in [0.15, 0.2) is 11.1 Å². The summed E-state index contributed by atoms with van der Waals surface area (Å²) in [5, 5.41) is 9.64. The van der Waals surface area contributed by atoms with E-state index in [9.17, 15) is 14.4 Å². The molecule has 11 heteroatoms. The largest absolute Gasteiger partial charge is 0.368 e. The summed E-state index contributed by atoms with van der Waals surface area (Å²) in [6, 6.07) is 0. The molecule has 0 aliphatic carbocycles. The van der Waals surface area contributed by atoms with E-state index in [0.717, 1.165) is 15.4 Å². The third-order valence-electron chi connectivity index (χ3n) is 2.35. The Hall–Kier alpha value is -2.49. The van der Waals surface area contributed by atoms with Crippen LogP contribution in [0.25, 0.3) is 5.65 Å². The smallest absolute Gasteiger partial charge is 0.353 e. The van der Waals surface area contributed by atoms with Crippen molar-refractivity contribution in [1.82, 2.24) is 29.7 Å². The van der Waals surface area contributed by atoms with Crippen molar-refractivity contribution in [3.05, 3.63) is 22.5 Å². The van der Waals surface area contributed by atoms with Crippen molar-refractivity contribution in [2.45, 2.75) is 6.54 Å². The molecule has 2 aromatic rings. The number of nitrogens with zero attached hydrogens (tertiary/aromatic N) is 5. The molecule has 0 aromatic carbocycles. The Morgan fingerprint density at radius 2 is 2.20 bits per heavy atom. The maximum Gasteiger partial charge on any atom is 0.353 e. The number of primary amides is 1. The first-order valence-corrected chi connectivity index (χ1v) is 6.01. The summed E-state index contributed by atoms with van der Waals surface area (Å²) in [6.07, 6.45) is 1.15. The summed E-state index contributed by atoms with van der Waals surface area (Å²) in [4.78, 5) is 38.1. The quantitative estimate of drug-likeness (QED) is 0.598. The maximum atomic E-state index is 11.9. The molecule has 0 aliphatic heterocycles. The summed E-state index contributed by atoms with van der Waals surface area (Å²) in [6.45, 7) is -0.153. The van der Waals surface area contributed by atoms with Crippen molar-refractivity contribution in [1.29, 1.82) is 0 Å². The van der Waals surface area contributed by atoms with Gasteiger partial charge < -0.3 is 11.1 Å². The summed E-state index contributed by atoms with van der Waals surface area (Å²) < 4.78 is 2.12. The SMILES string of the molecule is NC(=O)CNC(=O)c1ncn2c(=O)n(CCCl)nnc12. The molecule has 0 unspecified atom stereocenters. The fraction of sp³-hybridized carbons (Fsp3) is 0.333. The number of carbonyl (C=O) groups is 2. The third kappa shape index (κ3) is 2.59. The van der Waals surface area contributed by atoms with Crippen molar-refractivity contribution < 1.29 is 9.59 Å². The fourth-order valence-electron chi connectivity index (χ4n) is 1.47. The van der Waals surface area contributed by atoms with E-state index in [1.54, 1.807) is 0 Å². The normalized spacial score (nSPS) is 10.7. The molecule has 2 amide bonds. The monoisotopic (exact) mass is 299 g/mol. The number of amides is 2. The molecule has 2 heterocycles. The molecule has 2 rings (SSSR count). The predicted octanol–water partition coefficient (Wildman–Crippen LogP) is -2.26. The minimum Gasteiger partial charge on any atom is -0.368 e. The van der Waals surface area contributed by atoms with Crippen molar-refractivity contribution in [3.63, 3.8) is 0 Å². The average molecular weight is 300 g/mol. The molecule has 0 aliphatic rings. The number of imidazole rings is 1. The van der Waals surface area contributed by atoms with Gasteiger partial charge in [0.2, 0.25) is 5.91 Å². The summed E-state index contributed by atoms with van der Waals surface area (Å²) in [5.74, 6) is -1.17. The lowest BCUT2D eigenvalue weighted by atomic mass is 10.4. The fourth-order valence-corrected chi connectivity index (χ4v) is 1.63. The van der Waals surface area contributed by atoms with Gasteiger partial charge in [0.25, 0.3) is 5.91 Å². The molecular weight excluding hydrogens is 290 g/mol. The van der Waals surface area contributed by atoms with E-state index in [0.29, 0.717) is 0 Å². The number of rotatable bonds is 5. The van der Waals surface area contributed by atoms with Crippen molar-refractivity contribution in [3.8, 4) is 0 Å². The second kappa shape index (κ2) is 5.65. The molecule has 0 fully saturated rings. The van der Waals surface area contributed by atoms with Crippen LogP contribution in [-0.2, 0) is 11.3 Å². The number of hydrogen-bond donors (Lipinski definition) is 2. The van der Waals surface area contributed by atoms with E-state index in [2.05, 4.69) is 20.6 Å². The van der Waals surface area contributed by atoms with Gasteiger partial charge in [-0.05, 0) is 0 Å². The predicted molar refractivity (Wildman–Crippen MR) is 67.3 cm³/mol. The van der Waals surface area contributed by atoms with Gasteiger partial charge in [-0.1, -0.05) is 5.21 Å². The summed E-state index contributed by atoms with van der Waals surface area (Å²) in [5.41, 5.74) is 4.27. The first-order chi connectivity index (χ1) is 9.54. The van der Waals surface area contributed by atoms with Crippen LogP contribution in [0.3, 0.4) is 0 Å². The molecule has 10 nitrogen and oxygen atoms in total. The van der Waals surface area contributed by atoms with Crippen molar-refractivity contribution in [2.24, 2.45) is 5.73 Å². The maximum absolute atomic E-state index is 11.9. The van der Waals surface area contributed by atoms with Gasteiger partial charge in [0, 0.05) is 5.88 Å². The highest BCUT2D eigenvalue weighted by molar-refractivity contribution is 6.17. The van der Waals surface area contributed by atoms with E-state index >= 15 is 0 Å². The number of alkyl halides is 1. The summed E-state index contributed by atoms with van der Waals surface area (Å²) >= 11 is 5.53. The number of fused-ring (bicyclic) bond motifs is 1. The first-order valence-electron chi connectivity index (χ1n) is 5.48. The lowest BCUT2D eigenvalue weighted by molar-refractivity contribution is -0.117. The van der Waals surface area contributed by atoms with Gasteiger partial charge in [0.05, 0.1) is 13.1 Å². The number of aromatic nitrogens is 5. The van der Waals surface area contributed by atoms with E-state index in [4.69, 9.17) is 17.3 Å². The summed E-state index contributed by atoms with van der Waals surface area (Å²) in [7, 11) is 0. The van der Waals surface area contributed by atoms with Crippen molar-refractivity contribution >= 4 is 29.1 Å². The molecule has 0 saturated carbocycles. The van der Waals surface area contributed by atoms with Crippen LogP contribution in [0.4, 0.5) is 0 Å². The van der Waals surface area contributed by atoms with Gasteiger partial charge in [-0.15, -0.1) is 16.7 Å². The number of nitrogens with two attached hydrogens (primary N) is 1. The lowest BCUT2D eigenvalue weighted by Gasteiger charge is -2.02. The Labute approximate surface area is 116 Å². The van der Waals surface area contributed by atoms with Crippen LogP contribution < -0.4 is 16.7 Å². The molecule has 0 radical (unpaired) electrons. The van der Waals surface area contributed by atoms with Crippen LogP contribution >= 0.6 is 11.6 Å². The zero-order chi connectivity index (χ0) is 14.7. The number of halogens is 1. The average Bonchev–Trinajstić information content (AvgIpc) is 2.84. The van der Waals surface area contributed by atoms with Gasteiger partial charge in [-0.3, -0.25) is 9.59 Å². The third-order valence-corrected chi connectivity index (χ3v) is 2.52. The molecule has 3 N–H and O–H groups in total. The first kappa shape index (κ1) is 13.9. The Kier molecular flexibility index (Phi) is 3.94. The highest BCUT2D eigenvalue weighted by Crippen LogP contribution is 2.02. The minimum atomic E-state index is -0.697. The zero-order valence-corrected chi connectivity index (χ0v) is 10.9. The highest BCUT2D eigenvalue weighted by Gasteiger charge is 2.17. The number of carbonyl (C=O) groups excluding carboxylic acids is 2. The van der Waals surface area contributed by atoms with E-state index in [-0.39, 0.29) is 30.3 Å². The van der Waals surface area contributed by atoms with Crippen molar-refractivity contribution in [2.75, 3.05) is 12.4 Å².